The Bertz CT molecular complexity index is 1040. The van der Waals surface area contributed by atoms with Gasteiger partial charge in [0.2, 0.25) is 0 Å². The molecule has 6 nitrogen and oxygen atoms in total. The van der Waals surface area contributed by atoms with E-state index in [1.54, 1.807) is 0 Å². The van der Waals surface area contributed by atoms with Crippen LogP contribution in [0.25, 0.3) is 11.3 Å². The van der Waals surface area contributed by atoms with Gasteiger partial charge < -0.3 is 10.3 Å². The molecule has 1 aromatic heterocycles. The van der Waals surface area contributed by atoms with Gasteiger partial charge in [0.1, 0.15) is 17.2 Å². The van der Waals surface area contributed by atoms with Gasteiger partial charge >= 0.3 is 0 Å². The maximum absolute atomic E-state index is 13.8. The third kappa shape index (κ3) is 3.66. The zero-order valence-corrected chi connectivity index (χ0v) is 13.4. The Hall–Kier alpha value is -2.81. The minimum Gasteiger partial charge on any atom is -0.345 e. The first-order chi connectivity index (χ1) is 11.7. The smallest absolute Gasteiger partial charge is 0.261 e. The molecule has 0 saturated heterocycles. The van der Waals surface area contributed by atoms with Crippen molar-refractivity contribution in [3.05, 3.63) is 69.4 Å². The number of nitrogens with one attached hydrogen (secondary N) is 2. The fourth-order valence-corrected chi connectivity index (χ4v) is 3.66. The molecule has 1 aliphatic heterocycles. The highest BCUT2D eigenvalue weighted by Gasteiger charge is 2.24. The van der Waals surface area contributed by atoms with Crippen LogP contribution in [0.1, 0.15) is 10.4 Å². The molecule has 2 N–H and O–H groups in total. The molecule has 1 aliphatic rings. The number of H-pyrrole nitrogens is 1. The summed E-state index contributed by atoms with van der Waals surface area (Å²) in [4.78, 5) is 26.6. The number of hydrogen-bond acceptors (Lipinski definition) is 4. The highest BCUT2D eigenvalue weighted by molar-refractivity contribution is 7.94. The van der Waals surface area contributed by atoms with Crippen molar-refractivity contribution in [2.24, 2.45) is 0 Å². The molecular formula is C16H12F2N2O4S. The summed E-state index contributed by atoms with van der Waals surface area (Å²) in [6.07, 6.45) is 1.32. The summed E-state index contributed by atoms with van der Waals surface area (Å²) >= 11 is 0. The molecular weight excluding hydrogens is 354 g/mol. The van der Waals surface area contributed by atoms with Crippen LogP contribution in [-0.2, 0) is 9.84 Å². The lowest BCUT2D eigenvalue weighted by Crippen LogP contribution is -2.38. The van der Waals surface area contributed by atoms with Crippen LogP contribution in [0, 0.1) is 11.6 Å². The maximum Gasteiger partial charge on any atom is 0.261 e. The van der Waals surface area contributed by atoms with Gasteiger partial charge in [-0.2, -0.15) is 0 Å². The molecule has 2 aromatic rings. The first kappa shape index (κ1) is 17.0. The summed E-state index contributed by atoms with van der Waals surface area (Å²) < 4.78 is 49.3. The lowest BCUT2D eigenvalue weighted by molar-refractivity contribution is 0.0946. The van der Waals surface area contributed by atoms with E-state index in [1.807, 2.05) is 0 Å². The van der Waals surface area contributed by atoms with Gasteiger partial charge in [0, 0.05) is 17.0 Å². The molecule has 2 heterocycles. The van der Waals surface area contributed by atoms with Crippen molar-refractivity contribution in [1.29, 1.82) is 0 Å². The Morgan fingerprint density at radius 2 is 1.96 bits per heavy atom. The predicted octanol–water partition coefficient (Wildman–Crippen LogP) is 1.36. The third-order valence-corrected chi connectivity index (χ3v) is 5.02. The Kier molecular flexibility index (Phi) is 4.25. The topological polar surface area (TPSA) is 96.1 Å². The molecule has 9 heteroatoms. The third-order valence-electron chi connectivity index (χ3n) is 3.62. The van der Waals surface area contributed by atoms with Crippen LogP contribution in [0.5, 0.6) is 0 Å². The number of hydrogen-bond donors (Lipinski definition) is 2. The van der Waals surface area contributed by atoms with E-state index in [4.69, 9.17) is 0 Å². The molecule has 1 aromatic carbocycles. The molecule has 0 aliphatic carbocycles. The number of aromatic nitrogens is 1. The van der Waals surface area contributed by atoms with E-state index in [0.717, 1.165) is 11.5 Å². The first-order valence-electron chi connectivity index (χ1n) is 7.16. The van der Waals surface area contributed by atoms with Crippen molar-refractivity contribution in [2.45, 2.75) is 6.04 Å². The molecule has 0 bridgehead atoms. The predicted molar refractivity (Wildman–Crippen MR) is 86.6 cm³/mol. The van der Waals surface area contributed by atoms with Gasteiger partial charge in [0.15, 0.2) is 9.84 Å². The number of carbonyl (C=O) groups excluding carboxylic acids is 1. The molecule has 130 valence electrons. The molecule has 1 atom stereocenters. The number of pyridine rings is 1. The summed E-state index contributed by atoms with van der Waals surface area (Å²) in [6.45, 7) is 0. The van der Waals surface area contributed by atoms with E-state index >= 15 is 0 Å². The lowest BCUT2D eigenvalue weighted by Gasteiger charge is -2.10. The summed E-state index contributed by atoms with van der Waals surface area (Å²) in [5.41, 5.74) is -0.954. The van der Waals surface area contributed by atoms with Crippen molar-refractivity contribution in [3.63, 3.8) is 0 Å². The minimum atomic E-state index is -3.34. The molecule has 3 rings (SSSR count). The first-order valence-corrected chi connectivity index (χ1v) is 8.87. The van der Waals surface area contributed by atoms with Crippen molar-refractivity contribution >= 4 is 15.7 Å². The number of aromatic amines is 1. The number of carbonyl (C=O) groups is 1. The Labute approximate surface area is 141 Å². The second kappa shape index (κ2) is 6.25. The van der Waals surface area contributed by atoms with E-state index in [9.17, 15) is 26.8 Å². The van der Waals surface area contributed by atoms with Gasteiger partial charge in [-0.15, -0.1) is 0 Å². The van der Waals surface area contributed by atoms with Gasteiger partial charge in [-0.1, -0.05) is 0 Å². The molecule has 25 heavy (non-hydrogen) atoms. The molecule has 0 spiro atoms. The summed E-state index contributed by atoms with van der Waals surface area (Å²) in [5.74, 6) is -2.62. The van der Waals surface area contributed by atoms with E-state index in [0.29, 0.717) is 6.07 Å². The summed E-state index contributed by atoms with van der Waals surface area (Å²) in [7, 11) is -3.34. The van der Waals surface area contributed by atoms with Crippen LogP contribution >= 0.6 is 0 Å². The number of benzene rings is 1. The zero-order chi connectivity index (χ0) is 18.2. The minimum absolute atomic E-state index is 0.0183. The van der Waals surface area contributed by atoms with Crippen LogP contribution in [0.15, 0.2) is 46.6 Å². The molecule has 0 unspecified atom stereocenters. The van der Waals surface area contributed by atoms with Crippen molar-refractivity contribution in [3.8, 4) is 11.3 Å². The van der Waals surface area contributed by atoms with Crippen molar-refractivity contribution in [1.82, 2.24) is 10.3 Å². The Morgan fingerprint density at radius 1 is 1.20 bits per heavy atom. The molecule has 0 radical (unpaired) electrons. The maximum atomic E-state index is 13.8. The second-order valence-corrected chi connectivity index (χ2v) is 7.41. The number of amides is 1. The van der Waals surface area contributed by atoms with E-state index in [2.05, 4.69) is 10.3 Å². The van der Waals surface area contributed by atoms with Crippen LogP contribution in [0.2, 0.25) is 0 Å². The van der Waals surface area contributed by atoms with Crippen molar-refractivity contribution in [2.75, 3.05) is 5.75 Å². The van der Waals surface area contributed by atoms with Crippen molar-refractivity contribution < 1.29 is 22.0 Å². The highest BCUT2D eigenvalue weighted by Crippen LogP contribution is 2.20. The normalized spacial score (nSPS) is 18.2. The zero-order valence-electron chi connectivity index (χ0n) is 12.6. The highest BCUT2D eigenvalue weighted by atomic mass is 32.2. The average molecular weight is 366 g/mol. The van der Waals surface area contributed by atoms with Gasteiger partial charge in [-0.25, -0.2) is 17.2 Å². The Balaban J connectivity index is 1.84. The van der Waals surface area contributed by atoms with Gasteiger partial charge in [-0.3, -0.25) is 9.59 Å². The van der Waals surface area contributed by atoms with Gasteiger partial charge in [0.25, 0.3) is 11.5 Å². The van der Waals surface area contributed by atoms with Crippen LogP contribution in [0.3, 0.4) is 0 Å². The summed E-state index contributed by atoms with van der Waals surface area (Å²) in [6, 6.07) is 4.69. The largest absolute Gasteiger partial charge is 0.345 e. The van der Waals surface area contributed by atoms with Crippen LogP contribution in [-0.4, -0.2) is 31.1 Å². The molecule has 1 amide bonds. The van der Waals surface area contributed by atoms with E-state index in [1.165, 1.54) is 24.3 Å². The monoisotopic (exact) mass is 366 g/mol. The van der Waals surface area contributed by atoms with Crippen LogP contribution in [0.4, 0.5) is 8.78 Å². The molecule has 0 fully saturated rings. The van der Waals surface area contributed by atoms with Gasteiger partial charge in [0.05, 0.1) is 17.5 Å². The fraction of sp³-hybridized carbons (Fsp3) is 0.125. The van der Waals surface area contributed by atoms with Crippen LogP contribution < -0.4 is 10.9 Å². The van der Waals surface area contributed by atoms with E-state index < -0.39 is 39.0 Å². The number of sulfone groups is 1. The number of rotatable bonds is 3. The summed E-state index contributed by atoms with van der Waals surface area (Å²) in [5, 5.41) is 3.42. The average Bonchev–Trinajstić information content (AvgIpc) is 2.85. The van der Waals surface area contributed by atoms with E-state index in [-0.39, 0.29) is 22.6 Å². The lowest BCUT2D eigenvalue weighted by atomic mass is 10.1. The SMILES string of the molecule is O=C(N[C@@H]1C=CS(=O)(=O)C1)c1ccc(-c2ccc(F)cc2F)[nH]c1=O. The molecule has 0 saturated carbocycles. The fourth-order valence-electron chi connectivity index (χ4n) is 2.43. The standard InChI is InChI=1S/C16H12F2N2O4S/c17-9-1-2-11(13(18)7-9)14-4-3-12(16(22)20-14)15(21)19-10-5-6-25(23,24)8-10/h1-7,10H,8H2,(H,19,21)(H,20,22)/t10-/m1/s1. The second-order valence-electron chi connectivity index (χ2n) is 5.48. The van der Waals surface area contributed by atoms with Gasteiger partial charge in [-0.05, 0) is 30.3 Å². The quantitative estimate of drug-likeness (QED) is 0.857. The number of halogens is 2. The Morgan fingerprint density at radius 3 is 2.56 bits per heavy atom.